The van der Waals surface area contributed by atoms with Crippen LogP contribution in [0, 0.1) is 0 Å². The van der Waals surface area contributed by atoms with Gasteiger partial charge in [0.25, 0.3) is 5.91 Å². The van der Waals surface area contributed by atoms with Gasteiger partial charge in [-0.15, -0.1) is 11.3 Å². The van der Waals surface area contributed by atoms with Crippen LogP contribution in [0.25, 0.3) is 10.1 Å². The summed E-state index contributed by atoms with van der Waals surface area (Å²) in [5, 5.41) is 4.73. The summed E-state index contributed by atoms with van der Waals surface area (Å²) in [7, 11) is 0. The lowest BCUT2D eigenvalue weighted by Crippen LogP contribution is -2.53. The van der Waals surface area contributed by atoms with E-state index in [0.717, 1.165) is 36.3 Å². The SMILES string of the molecule is O=C(NC(=S)N1CCN(C(c2ccccc2)c2ccccc2)CC1)c1sc2ccccc2c1Cl. The maximum Gasteiger partial charge on any atom is 0.269 e. The minimum atomic E-state index is -0.245. The number of halogens is 1. The third kappa shape index (κ3) is 4.72. The van der Waals surface area contributed by atoms with Crippen molar-refractivity contribution in [3.05, 3.63) is 106 Å². The lowest BCUT2D eigenvalue weighted by molar-refractivity contribution is 0.0971. The highest BCUT2D eigenvalue weighted by molar-refractivity contribution is 7.80. The molecule has 1 amide bonds. The molecule has 4 nitrogen and oxygen atoms in total. The Bertz CT molecular complexity index is 1260. The van der Waals surface area contributed by atoms with E-state index in [9.17, 15) is 4.79 Å². The molecule has 5 rings (SSSR count). The molecule has 0 aliphatic carbocycles. The average molecular weight is 506 g/mol. The van der Waals surface area contributed by atoms with Gasteiger partial charge in [0, 0.05) is 36.3 Å². The van der Waals surface area contributed by atoms with Crippen LogP contribution in [0.5, 0.6) is 0 Å². The van der Waals surface area contributed by atoms with E-state index in [1.54, 1.807) is 0 Å². The largest absolute Gasteiger partial charge is 0.346 e. The molecule has 1 aromatic heterocycles. The highest BCUT2D eigenvalue weighted by atomic mass is 35.5. The number of piperazine rings is 1. The Morgan fingerprint density at radius 3 is 2.00 bits per heavy atom. The van der Waals surface area contributed by atoms with Crippen molar-refractivity contribution < 1.29 is 4.79 Å². The van der Waals surface area contributed by atoms with Gasteiger partial charge in [0.05, 0.1) is 11.1 Å². The van der Waals surface area contributed by atoms with Gasteiger partial charge in [0.1, 0.15) is 4.88 Å². The van der Waals surface area contributed by atoms with Crippen LogP contribution in [0.2, 0.25) is 5.02 Å². The van der Waals surface area contributed by atoms with Crippen LogP contribution in [0.3, 0.4) is 0 Å². The Kier molecular flexibility index (Phi) is 6.92. The van der Waals surface area contributed by atoms with Gasteiger partial charge in [0.15, 0.2) is 5.11 Å². The molecule has 1 aliphatic rings. The third-order valence-electron chi connectivity index (χ3n) is 6.16. The van der Waals surface area contributed by atoms with Crippen LogP contribution in [0.15, 0.2) is 84.9 Å². The number of carbonyl (C=O) groups is 1. The summed E-state index contributed by atoms with van der Waals surface area (Å²) in [5.74, 6) is -0.245. The number of nitrogens with one attached hydrogen (secondary N) is 1. The standard InChI is InChI=1S/C27H24ClN3OS2/c28-23-21-13-7-8-14-22(21)34-25(23)26(32)29-27(33)31-17-15-30(16-18-31)24(19-9-3-1-4-10-19)20-11-5-2-6-12-20/h1-14,24H,15-18H2,(H,29,32,33). The van der Waals surface area contributed by atoms with Crippen LogP contribution in [0.4, 0.5) is 0 Å². The number of amides is 1. The molecule has 3 aromatic carbocycles. The Hall–Kier alpha value is -2.77. The van der Waals surface area contributed by atoms with Gasteiger partial charge in [-0.2, -0.15) is 0 Å². The van der Waals surface area contributed by atoms with E-state index >= 15 is 0 Å². The van der Waals surface area contributed by atoms with Crippen molar-refractivity contribution in [3.63, 3.8) is 0 Å². The van der Waals surface area contributed by atoms with Crippen molar-refractivity contribution in [2.75, 3.05) is 26.2 Å². The number of carbonyl (C=O) groups excluding carboxylic acids is 1. The normalized spacial score (nSPS) is 14.5. The summed E-state index contributed by atoms with van der Waals surface area (Å²) in [4.78, 5) is 18.0. The average Bonchev–Trinajstić information content (AvgIpc) is 3.22. The molecule has 7 heteroatoms. The van der Waals surface area contributed by atoms with Crippen LogP contribution in [-0.4, -0.2) is 47.0 Å². The van der Waals surface area contributed by atoms with Crippen molar-refractivity contribution in [2.45, 2.75) is 6.04 Å². The summed E-state index contributed by atoms with van der Waals surface area (Å²) in [6.45, 7) is 3.17. The Morgan fingerprint density at radius 1 is 0.853 bits per heavy atom. The van der Waals surface area contributed by atoms with Crippen LogP contribution < -0.4 is 5.32 Å². The quantitative estimate of drug-likeness (QED) is 0.346. The minimum absolute atomic E-state index is 0.185. The summed E-state index contributed by atoms with van der Waals surface area (Å²) < 4.78 is 0.991. The number of hydrogen-bond donors (Lipinski definition) is 1. The third-order valence-corrected chi connectivity index (χ3v) is 8.19. The number of thiophene rings is 1. The second kappa shape index (κ2) is 10.2. The van der Waals surface area contributed by atoms with Gasteiger partial charge in [-0.3, -0.25) is 15.0 Å². The van der Waals surface area contributed by atoms with Gasteiger partial charge in [-0.1, -0.05) is 90.5 Å². The zero-order chi connectivity index (χ0) is 23.5. The van der Waals surface area contributed by atoms with Gasteiger partial charge in [-0.25, -0.2) is 0 Å². The Balaban J connectivity index is 1.26. The molecule has 1 fully saturated rings. The number of fused-ring (bicyclic) bond motifs is 1. The van der Waals surface area contributed by atoms with Crippen molar-refractivity contribution >= 4 is 56.3 Å². The van der Waals surface area contributed by atoms with Crippen molar-refractivity contribution in [1.29, 1.82) is 0 Å². The van der Waals surface area contributed by atoms with E-state index in [-0.39, 0.29) is 11.9 Å². The van der Waals surface area contributed by atoms with Crippen molar-refractivity contribution in [1.82, 2.24) is 15.1 Å². The van der Waals surface area contributed by atoms with Gasteiger partial charge in [0.2, 0.25) is 0 Å². The smallest absolute Gasteiger partial charge is 0.269 e. The molecule has 0 bridgehead atoms. The maximum absolute atomic E-state index is 12.9. The zero-order valence-electron chi connectivity index (χ0n) is 18.5. The van der Waals surface area contributed by atoms with E-state index in [1.807, 2.05) is 36.4 Å². The molecule has 1 saturated heterocycles. The number of rotatable bonds is 4. The number of nitrogens with zero attached hydrogens (tertiary/aromatic N) is 2. The molecule has 0 atom stereocenters. The topological polar surface area (TPSA) is 35.6 Å². The van der Waals surface area contributed by atoms with E-state index in [1.165, 1.54) is 22.5 Å². The first-order chi connectivity index (χ1) is 16.6. The van der Waals surface area contributed by atoms with Crippen LogP contribution in [0.1, 0.15) is 26.8 Å². The van der Waals surface area contributed by atoms with Crippen molar-refractivity contribution in [2.24, 2.45) is 0 Å². The molecule has 2 heterocycles. The highest BCUT2D eigenvalue weighted by Crippen LogP contribution is 2.35. The van der Waals surface area contributed by atoms with E-state index in [4.69, 9.17) is 23.8 Å². The molecule has 0 spiro atoms. The first-order valence-electron chi connectivity index (χ1n) is 11.2. The molecule has 1 N–H and O–H groups in total. The predicted molar refractivity (Wildman–Crippen MR) is 145 cm³/mol. The molecular weight excluding hydrogens is 482 g/mol. The lowest BCUT2D eigenvalue weighted by atomic mass is 9.96. The van der Waals surface area contributed by atoms with Crippen LogP contribution in [-0.2, 0) is 0 Å². The maximum atomic E-state index is 12.9. The molecule has 4 aromatic rings. The highest BCUT2D eigenvalue weighted by Gasteiger charge is 2.28. The van der Waals surface area contributed by atoms with E-state index in [2.05, 4.69) is 63.6 Å². The molecule has 172 valence electrons. The molecule has 0 unspecified atom stereocenters. The number of benzene rings is 3. The summed E-state index contributed by atoms with van der Waals surface area (Å²) in [5.41, 5.74) is 2.55. The Labute approximate surface area is 213 Å². The molecule has 0 saturated carbocycles. The van der Waals surface area contributed by atoms with Gasteiger partial charge in [-0.05, 0) is 29.4 Å². The number of hydrogen-bond acceptors (Lipinski definition) is 4. The first kappa shape index (κ1) is 23.0. The molecular formula is C27H24ClN3OS2. The fourth-order valence-electron chi connectivity index (χ4n) is 4.46. The summed E-state index contributed by atoms with van der Waals surface area (Å²) >= 11 is 13.5. The fourth-order valence-corrected chi connectivity index (χ4v) is 6.15. The lowest BCUT2D eigenvalue weighted by Gasteiger charge is -2.40. The number of thiocarbonyl (C=S) groups is 1. The monoisotopic (exact) mass is 505 g/mol. The van der Waals surface area contributed by atoms with Gasteiger partial charge >= 0.3 is 0 Å². The molecule has 0 radical (unpaired) electrons. The summed E-state index contributed by atoms with van der Waals surface area (Å²) in [6, 6.07) is 29.1. The Morgan fingerprint density at radius 2 is 1.41 bits per heavy atom. The summed E-state index contributed by atoms with van der Waals surface area (Å²) in [6.07, 6.45) is 0. The zero-order valence-corrected chi connectivity index (χ0v) is 20.9. The molecule has 1 aliphatic heterocycles. The van der Waals surface area contributed by atoms with Gasteiger partial charge < -0.3 is 4.90 Å². The minimum Gasteiger partial charge on any atom is -0.346 e. The second-order valence-corrected chi connectivity index (χ2v) is 10.1. The predicted octanol–water partition coefficient (Wildman–Crippen LogP) is 5.98. The second-order valence-electron chi connectivity index (χ2n) is 8.25. The first-order valence-corrected chi connectivity index (χ1v) is 12.8. The van der Waals surface area contributed by atoms with E-state index < -0.39 is 0 Å². The van der Waals surface area contributed by atoms with Crippen molar-refractivity contribution in [3.8, 4) is 0 Å². The molecule has 34 heavy (non-hydrogen) atoms. The van der Waals surface area contributed by atoms with E-state index in [0.29, 0.717) is 15.0 Å². The fraction of sp³-hybridized carbons (Fsp3) is 0.185. The van der Waals surface area contributed by atoms with Crippen LogP contribution >= 0.6 is 35.2 Å².